The molecule has 0 aliphatic carbocycles. The summed E-state index contributed by atoms with van der Waals surface area (Å²) in [5, 5.41) is 3.47. The van der Waals surface area contributed by atoms with E-state index in [1.54, 1.807) is 12.3 Å². The molecular weight excluding hydrogens is 321 g/mol. The van der Waals surface area contributed by atoms with Crippen LogP contribution < -0.4 is 5.32 Å². The summed E-state index contributed by atoms with van der Waals surface area (Å²) in [5.74, 6) is 0.697. The zero-order chi connectivity index (χ0) is 14.5. The third-order valence-corrected chi connectivity index (χ3v) is 4.20. The van der Waals surface area contributed by atoms with E-state index >= 15 is 0 Å². The standard InChI is InChI=1S/C16H19BrFNO/c1-3-8-19-14(16-11(2)7-9-20-16)10-12-5-4-6-13(18)15(12)17/h4-7,9,14,19H,3,8,10H2,1-2H3. The molecule has 1 N–H and O–H groups in total. The summed E-state index contributed by atoms with van der Waals surface area (Å²) in [6, 6.07) is 7.15. The van der Waals surface area contributed by atoms with Crippen LogP contribution in [0.5, 0.6) is 0 Å². The highest BCUT2D eigenvalue weighted by atomic mass is 79.9. The van der Waals surface area contributed by atoms with Crippen molar-refractivity contribution in [3.63, 3.8) is 0 Å². The number of benzene rings is 1. The molecule has 2 rings (SSSR count). The molecule has 0 aliphatic rings. The van der Waals surface area contributed by atoms with Crippen LogP contribution in [0.4, 0.5) is 4.39 Å². The van der Waals surface area contributed by atoms with Crippen LogP contribution in [0.15, 0.2) is 39.4 Å². The second-order valence-corrected chi connectivity index (χ2v) is 5.68. The van der Waals surface area contributed by atoms with Gasteiger partial charge in [0.15, 0.2) is 0 Å². The summed E-state index contributed by atoms with van der Waals surface area (Å²) in [6.45, 7) is 5.05. The number of rotatable bonds is 6. The molecule has 1 heterocycles. The van der Waals surface area contributed by atoms with Crippen molar-refractivity contribution in [2.75, 3.05) is 6.54 Å². The Bertz CT molecular complexity index is 567. The molecule has 4 heteroatoms. The Balaban J connectivity index is 2.24. The fraction of sp³-hybridized carbons (Fsp3) is 0.375. The van der Waals surface area contributed by atoms with Crippen molar-refractivity contribution < 1.29 is 8.81 Å². The second kappa shape index (κ2) is 7.04. The summed E-state index contributed by atoms with van der Waals surface area (Å²) in [6.07, 6.45) is 3.43. The van der Waals surface area contributed by atoms with Crippen LogP contribution >= 0.6 is 15.9 Å². The van der Waals surface area contributed by atoms with E-state index in [2.05, 4.69) is 28.2 Å². The van der Waals surface area contributed by atoms with Gasteiger partial charge < -0.3 is 9.73 Å². The molecule has 108 valence electrons. The van der Waals surface area contributed by atoms with Gasteiger partial charge in [0.25, 0.3) is 0 Å². The maximum atomic E-state index is 13.6. The topological polar surface area (TPSA) is 25.2 Å². The molecule has 1 aromatic heterocycles. The van der Waals surface area contributed by atoms with Gasteiger partial charge in [-0.1, -0.05) is 19.1 Å². The minimum atomic E-state index is -0.229. The fourth-order valence-electron chi connectivity index (χ4n) is 2.24. The Morgan fingerprint density at radius 1 is 1.35 bits per heavy atom. The van der Waals surface area contributed by atoms with E-state index < -0.39 is 0 Å². The number of hydrogen-bond acceptors (Lipinski definition) is 2. The lowest BCUT2D eigenvalue weighted by molar-refractivity contribution is 0.407. The minimum Gasteiger partial charge on any atom is -0.467 e. The lowest BCUT2D eigenvalue weighted by Gasteiger charge is -2.18. The third kappa shape index (κ3) is 3.49. The molecule has 0 fully saturated rings. The average Bonchev–Trinajstić information content (AvgIpc) is 2.85. The molecule has 2 aromatic rings. The summed E-state index contributed by atoms with van der Waals surface area (Å²) >= 11 is 3.33. The van der Waals surface area contributed by atoms with Gasteiger partial charge in [-0.3, -0.25) is 0 Å². The normalized spacial score (nSPS) is 12.6. The Morgan fingerprint density at radius 2 is 2.15 bits per heavy atom. The van der Waals surface area contributed by atoms with Gasteiger partial charge in [0, 0.05) is 0 Å². The van der Waals surface area contributed by atoms with E-state index in [0.717, 1.165) is 29.9 Å². The van der Waals surface area contributed by atoms with Gasteiger partial charge >= 0.3 is 0 Å². The van der Waals surface area contributed by atoms with Gasteiger partial charge in [0.2, 0.25) is 0 Å². The van der Waals surface area contributed by atoms with Gasteiger partial charge in [-0.2, -0.15) is 0 Å². The quantitative estimate of drug-likeness (QED) is 0.819. The zero-order valence-electron chi connectivity index (χ0n) is 11.7. The molecule has 0 bridgehead atoms. The van der Waals surface area contributed by atoms with Crippen LogP contribution in [0.2, 0.25) is 0 Å². The zero-order valence-corrected chi connectivity index (χ0v) is 13.3. The highest BCUT2D eigenvalue weighted by Crippen LogP contribution is 2.27. The average molecular weight is 340 g/mol. The Kier molecular flexibility index (Phi) is 5.38. The molecule has 1 aromatic carbocycles. The molecule has 0 amide bonds. The van der Waals surface area contributed by atoms with Crippen molar-refractivity contribution in [2.45, 2.75) is 32.7 Å². The Labute approximate surface area is 127 Å². The van der Waals surface area contributed by atoms with Crippen molar-refractivity contribution in [3.05, 3.63) is 57.7 Å². The fourth-order valence-corrected chi connectivity index (χ4v) is 2.67. The summed E-state index contributed by atoms with van der Waals surface area (Å²) in [7, 11) is 0. The number of halogens is 2. The smallest absolute Gasteiger partial charge is 0.137 e. The molecule has 0 saturated carbocycles. The van der Waals surface area contributed by atoms with Gasteiger partial charge in [-0.15, -0.1) is 0 Å². The molecule has 20 heavy (non-hydrogen) atoms. The number of hydrogen-bond donors (Lipinski definition) is 1. The predicted octanol–water partition coefficient (Wildman–Crippen LogP) is 4.77. The van der Waals surface area contributed by atoms with E-state index in [9.17, 15) is 4.39 Å². The summed E-state index contributed by atoms with van der Waals surface area (Å²) in [5.41, 5.74) is 2.06. The molecular formula is C16H19BrFNO. The highest BCUT2D eigenvalue weighted by molar-refractivity contribution is 9.10. The van der Waals surface area contributed by atoms with Crippen LogP contribution in [0.3, 0.4) is 0 Å². The van der Waals surface area contributed by atoms with E-state index in [-0.39, 0.29) is 11.9 Å². The molecule has 0 aliphatic heterocycles. The summed E-state index contributed by atoms with van der Waals surface area (Å²) in [4.78, 5) is 0. The SMILES string of the molecule is CCCNC(Cc1cccc(F)c1Br)c1occc1C. The molecule has 0 radical (unpaired) electrons. The van der Waals surface area contributed by atoms with Crippen LogP contribution in [0.1, 0.15) is 36.3 Å². The first kappa shape index (κ1) is 15.3. The Hall–Kier alpha value is -1.13. The molecule has 1 atom stereocenters. The monoisotopic (exact) mass is 339 g/mol. The predicted molar refractivity (Wildman–Crippen MR) is 82.3 cm³/mol. The van der Waals surface area contributed by atoms with Gasteiger partial charge in [0.1, 0.15) is 11.6 Å². The first-order valence-corrected chi connectivity index (χ1v) is 7.63. The number of furan rings is 1. The van der Waals surface area contributed by atoms with Crippen LogP contribution in [-0.2, 0) is 6.42 Å². The third-order valence-electron chi connectivity index (χ3n) is 3.31. The van der Waals surface area contributed by atoms with Crippen LogP contribution in [0.25, 0.3) is 0 Å². The number of aryl methyl sites for hydroxylation is 1. The van der Waals surface area contributed by atoms with Gasteiger partial charge in [0.05, 0.1) is 16.8 Å². The van der Waals surface area contributed by atoms with Crippen molar-refractivity contribution in [3.8, 4) is 0 Å². The molecule has 0 saturated heterocycles. The maximum Gasteiger partial charge on any atom is 0.137 e. The van der Waals surface area contributed by atoms with Crippen molar-refractivity contribution in [1.82, 2.24) is 5.32 Å². The molecule has 1 unspecified atom stereocenters. The van der Waals surface area contributed by atoms with E-state index in [0.29, 0.717) is 10.9 Å². The van der Waals surface area contributed by atoms with E-state index in [1.165, 1.54) is 6.07 Å². The first-order chi connectivity index (χ1) is 9.63. The second-order valence-electron chi connectivity index (χ2n) is 4.89. The van der Waals surface area contributed by atoms with Gasteiger partial charge in [-0.05, 0) is 65.5 Å². The molecule has 0 spiro atoms. The Morgan fingerprint density at radius 3 is 2.80 bits per heavy atom. The highest BCUT2D eigenvalue weighted by Gasteiger charge is 2.19. The van der Waals surface area contributed by atoms with Crippen LogP contribution in [0, 0.1) is 12.7 Å². The largest absolute Gasteiger partial charge is 0.467 e. The van der Waals surface area contributed by atoms with E-state index in [4.69, 9.17) is 4.42 Å². The lowest BCUT2D eigenvalue weighted by atomic mass is 10.0. The minimum absolute atomic E-state index is 0.0584. The first-order valence-electron chi connectivity index (χ1n) is 6.83. The maximum absolute atomic E-state index is 13.6. The molecule has 2 nitrogen and oxygen atoms in total. The van der Waals surface area contributed by atoms with Crippen LogP contribution in [-0.4, -0.2) is 6.54 Å². The van der Waals surface area contributed by atoms with Crippen molar-refractivity contribution >= 4 is 15.9 Å². The van der Waals surface area contributed by atoms with E-state index in [1.807, 2.05) is 19.1 Å². The number of nitrogens with one attached hydrogen (secondary N) is 1. The van der Waals surface area contributed by atoms with Crippen molar-refractivity contribution in [2.24, 2.45) is 0 Å². The van der Waals surface area contributed by atoms with Gasteiger partial charge in [-0.25, -0.2) is 4.39 Å². The van der Waals surface area contributed by atoms with Crippen molar-refractivity contribution in [1.29, 1.82) is 0 Å². The lowest BCUT2D eigenvalue weighted by Crippen LogP contribution is -2.24. The summed E-state index contributed by atoms with van der Waals surface area (Å²) < 4.78 is 19.7.